The summed E-state index contributed by atoms with van der Waals surface area (Å²) in [6.07, 6.45) is 3.46. The van der Waals surface area contributed by atoms with E-state index in [-0.39, 0.29) is 0 Å². The normalized spacial score (nSPS) is 10.2. The Kier molecular flexibility index (Phi) is 3.54. The van der Waals surface area contributed by atoms with E-state index in [1.807, 2.05) is 32.3 Å². The molecule has 6 nitrogen and oxygen atoms in total. The first-order valence-corrected chi connectivity index (χ1v) is 5.56. The molecule has 2 rings (SSSR count). The highest BCUT2D eigenvalue weighted by atomic mass is 15.3. The summed E-state index contributed by atoms with van der Waals surface area (Å²) in [5, 5.41) is 10.6. The number of nitrogens with zero attached hydrogens (tertiary/aromatic N) is 4. The molecule has 0 radical (unpaired) electrons. The SMILES string of the molecule is CCNc1cc(NCc2ccn(C)n2)ncn1. The van der Waals surface area contributed by atoms with Gasteiger partial charge in [-0.2, -0.15) is 5.10 Å². The maximum atomic E-state index is 4.28. The average Bonchev–Trinajstić information content (AvgIpc) is 2.74. The van der Waals surface area contributed by atoms with E-state index in [2.05, 4.69) is 25.7 Å². The number of nitrogens with one attached hydrogen (secondary N) is 2. The largest absolute Gasteiger partial charge is 0.370 e. The minimum Gasteiger partial charge on any atom is -0.370 e. The minimum atomic E-state index is 0.656. The first kappa shape index (κ1) is 11.4. The molecular formula is C11H16N6. The highest BCUT2D eigenvalue weighted by Crippen LogP contribution is 2.09. The fourth-order valence-corrected chi connectivity index (χ4v) is 1.47. The molecule has 2 heterocycles. The topological polar surface area (TPSA) is 67.7 Å². The van der Waals surface area contributed by atoms with Crippen LogP contribution in [0.25, 0.3) is 0 Å². The van der Waals surface area contributed by atoms with Gasteiger partial charge in [0.15, 0.2) is 0 Å². The molecule has 17 heavy (non-hydrogen) atoms. The zero-order valence-corrected chi connectivity index (χ0v) is 10.0. The van der Waals surface area contributed by atoms with Gasteiger partial charge in [-0.1, -0.05) is 0 Å². The predicted molar refractivity (Wildman–Crippen MR) is 66.7 cm³/mol. The average molecular weight is 232 g/mol. The molecule has 2 aromatic heterocycles. The Morgan fingerprint density at radius 3 is 2.65 bits per heavy atom. The molecule has 0 atom stereocenters. The van der Waals surface area contributed by atoms with Crippen molar-refractivity contribution in [1.82, 2.24) is 19.7 Å². The first-order chi connectivity index (χ1) is 8.28. The van der Waals surface area contributed by atoms with Crippen molar-refractivity contribution in [1.29, 1.82) is 0 Å². The van der Waals surface area contributed by atoms with E-state index >= 15 is 0 Å². The van der Waals surface area contributed by atoms with E-state index in [0.29, 0.717) is 6.54 Å². The van der Waals surface area contributed by atoms with E-state index in [0.717, 1.165) is 23.9 Å². The first-order valence-electron chi connectivity index (χ1n) is 5.56. The Balaban J connectivity index is 1.96. The molecule has 2 aromatic rings. The van der Waals surface area contributed by atoms with Crippen molar-refractivity contribution < 1.29 is 0 Å². The summed E-state index contributed by atoms with van der Waals surface area (Å²) >= 11 is 0. The Bertz CT molecular complexity index is 478. The van der Waals surface area contributed by atoms with Crippen molar-refractivity contribution in [3.05, 3.63) is 30.4 Å². The van der Waals surface area contributed by atoms with E-state index in [1.54, 1.807) is 11.0 Å². The van der Waals surface area contributed by atoms with Gasteiger partial charge in [-0.15, -0.1) is 0 Å². The third-order valence-corrected chi connectivity index (χ3v) is 2.24. The number of anilines is 2. The summed E-state index contributed by atoms with van der Waals surface area (Å²) in [7, 11) is 1.90. The van der Waals surface area contributed by atoms with Crippen LogP contribution in [0.3, 0.4) is 0 Å². The van der Waals surface area contributed by atoms with E-state index in [9.17, 15) is 0 Å². The number of aryl methyl sites for hydroxylation is 1. The molecule has 0 spiro atoms. The van der Waals surface area contributed by atoms with Gasteiger partial charge >= 0.3 is 0 Å². The van der Waals surface area contributed by atoms with Crippen LogP contribution in [0.2, 0.25) is 0 Å². The molecule has 0 bridgehead atoms. The lowest BCUT2D eigenvalue weighted by Crippen LogP contribution is -2.05. The lowest BCUT2D eigenvalue weighted by Gasteiger charge is -2.05. The Labute approximate surface area is 100 Å². The van der Waals surface area contributed by atoms with Gasteiger partial charge in [-0.05, 0) is 13.0 Å². The number of hydrogen-bond donors (Lipinski definition) is 2. The number of hydrogen-bond acceptors (Lipinski definition) is 5. The summed E-state index contributed by atoms with van der Waals surface area (Å²) in [4.78, 5) is 8.25. The van der Waals surface area contributed by atoms with Crippen LogP contribution in [0, 0.1) is 0 Å². The molecule has 6 heteroatoms. The molecule has 0 aliphatic heterocycles. The number of aromatic nitrogens is 4. The Hall–Kier alpha value is -2.11. The third-order valence-electron chi connectivity index (χ3n) is 2.24. The fraction of sp³-hybridized carbons (Fsp3) is 0.364. The second kappa shape index (κ2) is 5.29. The van der Waals surface area contributed by atoms with Crippen molar-refractivity contribution >= 4 is 11.6 Å². The van der Waals surface area contributed by atoms with Crippen LogP contribution in [0.15, 0.2) is 24.7 Å². The monoisotopic (exact) mass is 232 g/mol. The zero-order chi connectivity index (χ0) is 12.1. The molecule has 0 aliphatic carbocycles. The molecule has 0 saturated carbocycles. The molecule has 0 fully saturated rings. The quantitative estimate of drug-likeness (QED) is 0.812. The van der Waals surface area contributed by atoms with Gasteiger partial charge in [0.25, 0.3) is 0 Å². The van der Waals surface area contributed by atoms with Crippen molar-refractivity contribution in [3.63, 3.8) is 0 Å². The maximum Gasteiger partial charge on any atom is 0.131 e. The van der Waals surface area contributed by atoms with Crippen molar-refractivity contribution in [2.45, 2.75) is 13.5 Å². The molecule has 0 amide bonds. The van der Waals surface area contributed by atoms with E-state index in [1.165, 1.54) is 0 Å². The Morgan fingerprint density at radius 2 is 2.00 bits per heavy atom. The van der Waals surface area contributed by atoms with Crippen LogP contribution in [-0.2, 0) is 13.6 Å². The third kappa shape index (κ3) is 3.17. The smallest absolute Gasteiger partial charge is 0.131 e. The standard InChI is InChI=1S/C11H16N6/c1-3-12-10-6-11(15-8-14-10)13-7-9-4-5-17(2)16-9/h4-6,8H,3,7H2,1-2H3,(H2,12,13,14,15). The van der Waals surface area contributed by atoms with Crippen LogP contribution in [0.4, 0.5) is 11.6 Å². The van der Waals surface area contributed by atoms with Crippen molar-refractivity contribution in [3.8, 4) is 0 Å². The second-order valence-electron chi connectivity index (χ2n) is 3.65. The van der Waals surface area contributed by atoms with Crippen LogP contribution in [-0.4, -0.2) is 26.3 Å². The maximum absolute atomic E-state index is 4.28. The summed E-state index contributed by atoms with van der Waals surface area (Å²) < 4.78 is 1.78. The van der Waals surface area contributed by atoms with Gasteiger partial charge in [0.05, 0.1) is 12.2 Å². The molecule has 0 unspecified atom stereocenters. The van der Waals surface area contributed by atoms with Crippen LogP contribution in [0.5, 0.6) is 0 Å². The van der Waals surface area contributed by atoms with Crippen LogP contribution >= 0.6 is 0 Å². The highest BCUT2D eigenvalue weighted by molar-refractivity contribution is 5.46. The lowest BCUT2D eigenvalue weighted by atomic mass is 10.4. The predicted octanol–water partition coefficient (Wildman–Crippen LogP) is 1.25. The number of rotatable bonds is 5. The van der Waals surface area contributed by atoms with Gasteiger partial charge in [-0.25, -0.2) is 9.97 Å². The second-order valence-corrected chi connectivity index (χ2v) is 3.65. The van der Waals surface area contributed by atoms with Gasteiger partial charge in [0, 0.05) is 25.9 Å². The molecule has 0 aromatic carbocycles. The summed E-state index contributed by atoms with van der Waals surface area (Å²) in [5.41, 5.74) is 0.983. The molecule has 2 N–H and O–H groups in total. The van der Waals surface area contributed by atoms with Crippen LogP contribution in [0.1, 0.15) is 12.6 Å². The molecule has 0 saturated heterocycles. The highest BCUT2D eigenvalue weighted by Gasteiger charge is 1.99. The van der Waals surface area contributed by atoms with Crippen molar-refractivity contribution in [2.75, 3.05) is 17.2 Å². The lowest BCUT2D eigenvalue weighted by molar-refractivity contribution is 0.747. The van der Waals surface area contributed by atoms with Gasteiger partial charge in [0.2, 0.25) is 0 Å². The van der Waals surface area contributed by atoms with Gasteiger partial charge in [0.1, 0.15) is 18.0 Å². The van der Waals surface area contributed by atoms with E-state index < -0.39 is 0 Å². The van der Waals surface area contributed by atoms with Crippen molar-refractivity contribution in [2.24, 2.45) is 7.05 Å². The summed E-state index contributed by atoms with van der Waals surface area (Å²) in [5.74, 6) is 1.62. The van der Waals surface area contributed by atoms with Gasteiger partial charge < -0.3 is 10.6 Å². The van der Waals surface area contributed by atoms with E-state index in [4.69, 9.17) is 0 Å². The molecule has 0 aliphatic rings. The Morgan fingerprint density at radius 1 is 1.24 bits per heavy atom. The van der Waals surface area contributed by atoms with Gasteiger partial charge in [-0.3, -0.25) is 4.68 Å². The molecule has 90 valence electrons. The minimum absolute atomic E-state index is 0.656. The fourth-order valence-electron chi connectivity index (χ4n) is 1.47. The molecular weight excluding hydrogens is 216 g/mol. The van der Waals surface area contributed by atoms with Crippen LogP contribution < -0.4 is 10.6 Å². The zero-order valence-electron chi connectivity index (χ0n) is 10.0. The summed E-state index contributed by atoms with van der Waals surface area (Å²) in [6, 6.07) is 3.85. The summed E-state index contributed by atoms with van der Waals surface area (Å²) in [6.45, 7) is 3.53.